The minimum atomic E-state index is 0.0477. The van der Waals surface area contributed by atoms with Crippen molar-refractivity contribution >= 4 is 5.91 Å². The maximum absolute atomic E-state index is 13.2. The summed E-state index contributed by atoms with van der Waals surface area (Å²) in [6, 6.07) is 9.97. The second kappa shape index (κ2) is 5.22. The summed E-state index contributed by atoms with van der Waals surface area (Å²) in [5.74, 6) is 1.50. The van der Waals surface area contributed by atoms with Gasteiger partial charge in [0.1, 0.15) is 5.75 Å². The molecular formula is C20H26N2O2. The predicted molar refractivity (Wildman–Crippen MR) is 92.1 cm³/mol. The summed E-state index contributed by atoms with van der Waals surface area (Å²) in [7, 11) is 2.04. The molecule has 2 bridgehead atoms. The van der Waals surface area contributed by atoms with Crippen LogP contribution in [0, 0.1) is 5.92 Å². The molecule has 1 aromatic rings. The molecule has 4 heteroatoms. The zero-order valence-electron chi connectivity index (χ0n) is 14.3. The highest BCUT2D eigenvalue weighted by atomic mass is 16.5. The van der Waals surface area contributed by atoms with Gasteiger partial charge in [-0.15, -0.1) is 0 Å². The molecule has 3 aliphatic heterocycles. The van der Waals surface area contributed by atoms with Crippen molar-refractivity contribution in [3.05, 3.63) is 29.8 Å². The van der Waals surface area contributed by atoms with Gasteiger partial charge in [-0.3, -0.25) is 4.79 Å². The van der Waals surface area contributed by atoms with Gasteiger partial charge in [-0.2, -0.15) is 0 Å². The van der Waals surface area contributed by atoms with Crippen LogP contribution in [0.3, 0.4) is 0 Å². The normalized spacial score (nSPS) is 39.2. The lowest BCUT2D eigenvalue weighted by molar-refractivity contribution is -0.134. The Hall–Kier alpha value is -1.55. The number of carbonyl (C=O) groups is 1. The number of hydrogen-bond acceptors (Lipinski definition) is 3. The predicted octanol–water partition coefficient (Wildman–Crippen LogP) is 2.47. The van der Waals surface area contributed by atoms with Gasteiger partial charge in [0.2, 0.25) is 5.91 Å². The van der Waals surface area contributed by atoms with Crippen molar-refractivity contribution in [3.8, 4) is 5.75 Å². The summed E-state index contributed by atoms with van der Waals surface area (Å²) in [6.07, 6.45) is 6.78. The summed E-state index contributed by atoms with van der Waals surface area (Å²) in [6.45, 7) is 0.738. The lowest BCUT2D eigenvalue weighted by Crippen LogP contribution is -2.49. The molecule has 4 atom stereocenters. The van der Waals surface area contributed by atoms with E-state index in [9.17, 15) is 4.79 Å². The first-order valence-electron chi connectivity index (χ1n) is 9.42. The lowest BCUT2D eigenvalue weighted by Gasteiger charge is -2.36. The fourth-order valence-electron chi connectivity index (χ4n) is 5.45. The van der Waals surface area contributed by atoms with Crippen molar-refractivity contribution in [2.45, 2.75) is 62.1 Å². The average Bonchev–Trinajstić information content (AvgIpc) is 3.23. The topological polar surface area (TPSA) is 41.6 Å². The molecule has 2 saturated heterocycles. The second-order valence-corrected chi connectivity index (χ2v) is 8.22. The maximum Gasteiger partial charge on any atom is 0.226 e. The van der Waals surface area contributed by atoms with Crippen molar-refractivity contribution < 1.29 is 9.53 Å². The Morgan fingerprint density at radius 2 is 2.00 bits per heavy atom. The van der Waals surface area contributed by atoms with Crippen LogP contribution in [0.15, 0.2) is 24.3 Å². The van der Waals surface area contributed by atoms with E-state index in [0.29, 0.717) is 24.0 Å². The Bertz CT molecular complexity index is 663. The van der Waals surface area contributed by atoms with Crippen LogP contribution in [-0.2, 0) is 10.2 Å². The van der Waals surface area contributed by atoms with Gasteiger partial charge in [0.15, 0.2) is 0 Å². The van der Waals surface area contributed by atoms with E-state index < -0.39 is 0 Å². The van der Waals surface area contributed by atoms with Gasteiger partial charge in [-0.25, -0.2) is 0 Å². The number of nitrogens with zero attached hydrogens (tertiary/aromatic N) is 1. The molecular weight excluding hydrogens is 300 g/mol. The van der Waals surface area contributed by atoms with Crippen molar-refractivity contribution in [2.24, 2.45) is 5.92 Å². The Kier molecular flexibility index (Phi) is 3.21. The Labute approximate surface area is 143 Å². The molecule has 4 nitrogen and oxygen atoms in total. The molecule has 1 saturated carbocycles. The first kappa shape index (κ1) is 14.8. The van der Waals surface area contributed by atoms with E-state index in [1.54, 1.807) is 0 Å². The van der Waals surface area contributed by atoms with Crippen LogP contribution in [0.2, 0.25) is 0 Å². The molecule has 3 heterocycles. The number of fused-ring (bicyclic) bond motifs is 4. The number of hydrogen-bond donors (Lipinski definition) is 1. The summed E-state index contributed by atoms with van der Waals surface area (Å²) in [5.41, 5.74) is 1.31. The Morgan fingerprint density at radius 1 is 1.25 bits per heavy atom. The number of benzene rings is 1. The second-order valence-electron chi connectivity index (χ2n) is 8.22. The number of rotatable bonds is 2. The molecule has 0 radical (unpaired) electrons. The third kappa shape index (κ3) is 2.12. The van der Waals surface area contributed by atoms with Gasteiger partial charge in [0.25, 0.3) is 0 Å². The highest BCUT2D eigenvalue weighted by Crippen LogP contribution is 2.61. The van der Waals surface area contributed by atoms with Gasteiger partial charge >= 0.3 is 0 Å². The molecule has 1 spiro atoms. The lowest BCUT2D eigenvalue weighted by atomic mass is 9.87. The average molecular weight is 326 g/mol. The third-order valence-electron chi connectivity index (χ3n) is 6.95. The van der Waals surface area contributed by atoms with Crippen LogP contribution < -0.4 is 10.1 Å². The molecule has 3 fully saturated rings. The molecule has 1 amide bonds. The van der Waals surface area contributed by atoms with Gasteiger partial charge in [0, 0.05) is 42.1 Å². The van der Waals surface area contributed by atoms with Crippen LogP contribution in [-0.4, -0.2) is 42.6 Å². The van der Waals surface area contributed by atoms with E-state index >= 15 is 0 Å². The zero-order chi connectivity index (χ0) is 16.3. The summed E-state index contributed by atoms with van der Waals surface area (Å²) in [5, 5.41) is 3.67. The minimum Gasteiger partial charge on any atom is -0.493 e. The number of ether oxygens (including phenoxy) is 1. The number of nitrogens with one attached hydrogen (secondary N) is 1. The van der Waals surface area contributed by atoms with Crippen molar-refractivity contribution in [1.29, 1.82) is 0 Å². The molecule has 5 rings (SSSR count). The third-order valence-corrected chi connectivity index (χ3v) is 6.95. The first-order valence-corrected chi connectivity index (χ1v) is 9.42. The van der Waals surface area contributed by atoms with Crippen LogP contribution in [0.5, 0.6) is 5.75 Å². The number of carbonyl (C=O) groups excluding carboxylic acids is 1. The molecule has 128 valence electrons. The highest BCUT2D eigenvalue weighted by molar-refractivity contribution is 5.85. The first-order chi connectivity index (χ1) is 11.7. The van der Waals surface area contributed by atoms with Crippen molar-refractivity contribution in [1.82, 2.24) is 10.2 Å². The Balaban J connectivity index is 1.34. The number of amides is 1. The Morgan fingerprint density at radius 3 is 2.79 bits per heavy atom. The highest BCUT2D eigenvalue weighted by Gasteiger charge is 2.62. The molecule has 24 heavy (non-hydrogen) atoms. The molecule has 0 aromatic heterocycles. The minimum absolute atomic E-state index is 0.0477. The van der Waals surface area contributed by atoms with Crippen molar-refractivity contribution in [2.75, 3.05) is 13.7 Å². The van der Waals surface area contributed by atoms with E-state index in [1.165, 1.54) is 18.4 Å². The van der Waals surface area contributed by atoms with Gasteiger partial charge in [-0.05, 0) is 44.6 Å². The fraction of sp³-hybridized carbons (Fsp3) is 0.650. The molecule has 4 unspecified atom stereocenters. The maximum atomic E-state index is 13.2. The zero-order valence-corrected chi connectivity index (χ0v) is 14.3. The van der Waals surface area contributed by atoms with Crippen LogP contribution in [0.25, 0.3) is 0 Å². The van der Waals surface area contributed by atoms with E-state index in [2.05, 4.69) is 22.3 Å². The smallest absolute Gasteiger partial charge is 0.226 e. The molecule has 4 aliphatic rings. The standard InChI is InChI=1S/C20H26N2O2/c1-22(15-10-13-6-7-14(11-15)21-13)19(23)17-12-20(17)8-9-24-18-5-3-2-4-16(18)20/h2-5,13-15,17,21H,6-12H2,1H3. The van der Waals surface area contributed by atoms with Crippen LogP contribution in [0.1, 0.15) is 44.1 Å². The van der Waals surface area contributed by atoms with E-state index in [4.69, 9.17) is 4.74 Å². The van der Waals surface area contributed by atoms with Gasteiger partial charge in [0.05, 0.1) is 6.61 Å². The summed E-state index contributed by atoms with van der Waals surface area (Å²) in [4.78, 5) is 15.3. The van der Waals surface area contributed by atoms with E-state index in [-0.39, 0.29) is 11.3 Å². The largest absolute Gasteiger partial charge is 0.493 e. The van der Waals surface area contributed by atoms with E-state index in [1.807, 2.05) is 19.2 Å². The van der Waals surface area contributed by atoms with Gasteiger partial charge in [-0.1, -0.05) is 18.2 Å². The SMILES string of the molecule is CN(C(=O)C1CC12CCOc1ccccc12)C1CC2CCC(C1)N2. The summed E-state index contributed by atoms with van der Waals surface area (Å²) >= 11 is 0. The molecule has 1 N–H and O–H groups in total. The van der Waals surface area contributed by atoms with Gasteiger partial charge < -0.3 is 15.0 Å². The summed E-state index contributed by atoms with van der Waals surface area (Å²) < 4.78 is 5.81. The fourth-order valence-corrected chi connectivity index (χ4v) is 5.45. The number of piperidine rings is 1. The molecule has 1 aromatic carbocycles. The molecule has 1 aliphatic carbocycles. The van der Waals surface area contributed by atoms with Crippen molar-refractivity contribution in [3.63, 3.8) is 0 Å². The van der Waals surface area contributed by atoms with Crippen LogP contribution in [0.4, 0.5) is 0 Å². The number of para-hydroxylation sites is 1. The van der Waals surface area contributed by atoms with E-state index in [0.717, 1.165) is 38.0 Å². The quantitative estimate of drug-likeness (QED) is 0.908. The van der Waals surface area contributed by atoms with Crippen LogP contribution >= 0.6 is 0 Å². The monoisotopic (exact) mass is 326 g/mol.